The van der Waals surface area contributed by atoms with E-state index >= 15 is 0 Å². The van der Waals surface area contributed by atoms with Crippen LogP contribution in [0.1, 0.15) is 29.5 Å². The molecule has 1 N–H and O–H groups in total. The summed E-state index contributed by atoms with van der Waals surface area (Å²) in [5.41, 5.74) is 0.520. The first-order valence-corrected chi connectivity index (χ1v) is 9.53. The van der Waals surface area contributed by atoms with Crippen molar-refractivity contribution in [3.63, 3.8) is 0 Å². The van der Waals surface area contributed by atoms with E-state index in [4.69, 9.17) is 9.47 Å². The van der Waals surface area contributed by atoms with Crippen molar-refractivity contribution in [2.24, 2.45) is 0 Å². The molecule has 1 aromatic heterocycles. The molecule has 138 valence electrons. The minimum atomic E-state index is -1.15. The van der Waals surface area contributed by atoms with Crippen molar-refractivity contribution < 1.29 is 14.6 Å². The summed E-state index contributed by atoms with van der Waals surface area (Å²) >= 11 is 1.43. The fourth-order valence-corrected chi connectivity index (χ4v) is 3.55. The summed E-state index contributed by atoms with van der Waals surface area (Å²) in [5, 5.41) is 13.7. The number of aromatic nitrogens is 1. The Hall–Kier alpha value is -2.81. The lowest BCUT2D eigenvalue weighted by Gasteiger charge is -2.25. The largest absolute Gasteiger partial charge is 0.493 e. The third-order valence-electron chi connectivity index (χ3n) is 4.25. The average molecular weight is 379 g/mol. The topological polar surface area (TPSA) is 51.6 Å². The van der Waals surface area contributed by atoms with E-state index in [1.165, 1.54) is 11.3 Å². The fourth-order valence-electron chi connectivity index (χ4n) is 2.72. The molecule has 3 rings (SSSR count). The van der Waals surface area contributed by atoms with Gasteiger partial charge in [-0.15, -0.1) is 11.3 Å². The predicted molar refractivity (Wildman–Crippen MR) is 107 cm³/mol. The first-order chi connectivity index (χ1) is 13.2. The van der Waals surface area contributed by atoms with Crippen molar-refractivity contribution in [1.82, 2.24) is 4.98 Å². The van der Waals surface area contributed by atoms with E-state index in [0.717, 1.165) is 11.1 Å². The van der Waals surface area contributed by atoms with Crippen molar-refractivity contribution in [3.8, 4) is 23.3 Å². The van der Waals surface area contributed by atoms with Crippen molar-refractivity contribution in [2.45, 2.75) is 18.9 Å². The van der Waals surface area contributed by atoms with Gasteiger partial charge in [0.1, 0.15) is 17.2 Å². The maximum atomic E-state index is 11.1. The Bertz CT molecular complexity index is 929. The molecule has 4 nitrogen and oxygen atoms in total. The van der Waals surface area contributed by atoms with E-state index < -0.39 is 5.60 Å². The Morgan fingerprint density at radius 2 is 1.96 bits per heavy atom. The van der Waals surface area contributed by atoms with Crippen LogP contribution in [-0.4, -0.2) is 23.8 Å². The molecule has 0 aliphatic carbocycles. The molecule has 0 spiro atoms. The van der Waals surface area contributed by atoms with Crippen LogP contribution in [0.15, 0.2) is 60.1 Å². The second-order valence-corrected chi connectivity index (χ2v) is 6.77. The van der Waals surface area contributed by atoms with Crippen molar-refractivity contribution in [2.75, 3.05) is 13.7 Å². The molecule has 3 aromatic rings. The number of ether oxygens (including phenoxy) is 2. The third-order valence-corrected chi connectivity index (χ3v) is 5.17. The van der Waals surface area contributed by atoms with E-state index in [2.05, 4.69) is 16.8 Å². The summed E-state index contributed by atoms with van der Waals surface area (Å²) in [5.74, 6) is 7.18. The highest BCUT2D eigenvalue weighted by molar-refractivity contribution is 7.09. The lowest BCUT2D eigenvalue weighted by atomic mass is 9.91. The maximum Gasteiger partial charge on any atom is 0.162 e. The number of methoxy groups -OCH3 is 1. The normalized spacial score (nSPS) is 12.6. The van der Waals surface area contributed by atoms with Gasteiger partial charge in [-0.25, -0.2) is 4.98 Å². The number of aliphatic hydroxyl groups is 1. The summed E-state index contributed by atoms with van der Waals surface area (Å²) in [7, 11) is 1.58. The van der Waals surface area contributed by atoms with Gasteiger partial charge in [0.15, 0.2) is 11.5 Å². The molecule has 1 atom stereocenters. The lowest BCUT2D eigenvalue weighted by Crippen LogP contribution is -2.26. The molecule has 0 aliphatic rings. The van der Waals surface area contributed by atoms with Crippen LogP contribution >= 0.6 is 11.3 Å². The number of nitrogens with zero attached hydrogens (tertiary/aromatic N) is 1. The first kappa shape index (κ1) is 19.0. The Morgan fingerprint density at radius 1 is 1.15 bits per heavy atom. The molecular weight excluding hydrogens is 358 g/mol. The van der Waals surface area contributed by atoms with Crippen LogP contribution < -0.4 is 9.47 Å². The molecule has 0 saturated carbocycles. The smallest absolute Gasteiger partial charge is 0.162 e. The fraction of sp³-hybridized carbons (Fsp3) is 0.227. The van der Waals surface area contributed by atoms with E-state index in [9.17, 15) is 5.11 Å². The highest BCUT2D eigenvalue weighted by Gasteiger charge is 2.33. The Labute approximate surface area is 163 Å². The minimum Gasteiger partial charge on any atom is -0.493 e. The van der Waals surface area contributed by atoms with Crippen LogP contribution in [0, 0.1) is 11.8 Å². The van der Waals surface area contributed by atoms with Crippen molar-refractivity contribution >= 4 is 11.3 Å². The summed E-state index contributed by atoms with van der Waals surface area (Å²) in [6, 6.07) is 15.2. The number of hydrogen-bond donors (Lipinski definition) is 1. The molecule has 0 fully saturated rings. The number of benzene rings is 2. The van der Waals surface area contributed by atoms with E-state index in [-0.39, 0.29) is 6.61 Å². The zero-order chi connectivity index (χ0) is 19.1. The molecule has 0 amide bonds. The SMILES string of the molecule is CCC(O)(c1ccc(OCC#Cc2ccccc2)c(OC)c1)c1nccs1. The predicted octanol–water partition coefficient (Wildman–Crippen LogP) is 4.23. The quantitative estimate of drug-likeness (QED) is 0.651. The van der Waals surface area contributed by atoms with Gasteiger partial charge in [-0.3, -0.25) is 0 Å². The van der Waals surface area contributed by atoms with Crippen LogP contribution in [0.3, 0.4) is 0 Å². The van der Waals surface area contributed by atoms with Crippen molar-refractivity contribution in [1.29, 1.82) is 0 Å². The molecule has 27 heavy (non-hydrogen) atoms. The van der Waals surface area contributed by atoms with E-state index in [0.29, 0.717) is 22.9 Å². The summed E-state index contributed by atoms with van der Waals surface area (Å²) in [6.45, 7) is 2.17. The number of hydrogen-bond acceptors (Lipinski definition) is 5. The zero-order valence-electron chi connectivity index (χ0n) is 15.3. The zero-order valence-corrected chi connectivity index (χ0v) is 16.1. The van der Waals surface area contributed by atoms with Gasteiger partial charge in [0.2, 0.25) is 0 Å². The Morgan fingerprint density at radius 3 is 2.63 bits per heavy atom. The molecule has 1 unspecified atom stereocenters. The number of thiazole rings is 1. The lowest BCUT2D eigenvalue weighted by molar-refractivity contribution is 0.0759. The molecule has 0 saturated heterocycles. The van der Waals surface area contributed by atoms with Gasteiger partial charge in [0, 0.05) is 17.1 Å². The molecule has 2 aromatic carbocycles. The van der Waals surface area contributed by atoms with Crippen LogP contribution in [0.25, 0.3) is 0 Å². The maximum absolute atomic E-state index is 11.1. The monoisotopic (exact) mass is 379 g/mol. The molecule has 0 radical (unpaired) electrons. The van der Waals surface area contributed by atoms with Crippen LogP contribution in [-0.2, 0) is 5.60 Å². The van der Waals surface area contributed by atoms with Crippen LogP contribution in [0.2, 0.25) is 0 Å². The van der Waals surface area contributed by atoms with Gasteiger partial charge in [-0.1, -0.05) is 43.0 Å². The van der Waals surface area contributed by atoms with E-state index in [1.807, 2.05) is 48.7 Å². The van der Waals surface area contributed by atoms with Gasteiger partial charge in [-0.2, -0.15) is 0 Å². The van der Waals surface area contributed by atoms with Gasteiger partial charge < -0.3 is 14.6 Å². The standard InChI is InChI=1S/C22H21NO3S/c1-3-22(24,21-23-13-15-27-21)18-11-12-19(20(16-18)25-2)26-14-7-10-17-8-5-4-6-9-17/h4-6,8-9,11-13,15-16,24H,3,14H2,1-2H3. The first-order valence-electron chi connectivity index (χ1n) is 8.65. The second kappa shape index (κ2) is 8.72. The van der Waals surface area contributed by atoms with Crippen LogP contribution in [0.5, 0.6) is 11.5 Å². The van der Waals surface area contributed by atoms with Crippen LogP contribution in [0.4, 0.5) is 0 Å². The van der Waals surface area contributed by atoms with Gasteiger partial charge in [-0.05, 0) is 36.2 Å². The number of rotatable bonds is 6. The Balaban J connectivity index is 1.77. The van der Waals surface area contributed by atoms with Gasteiger partial charge in [0.25, 0.3) is 0 Å². The summed E-state index contributed by atoms with van der Waals surface area (Å²) < 4.78 is 11.2. The third kappa shape index (κ3) is 4.30. The molecular formula is C22H21NO3S. The van der Waals surface area contributed by atoms with Gasteiger partial charge in [0.05, 0.1) is 7.11 Å². The van der Waals surface area contributed by atoms with Gasteiger partial charge >= 0.3 is 0 Å². The minimum absolute atomic E-state index is 0.245. The molecule has 0 bridgehead atoms. The second-order valence-electron chi connectivity index (χ2n) is 5.87. The summed E-state index contributed by atoms with van der Waals surface area (Å²) in [4.78, 5) is 4.28. The molecule has 0 aliphatic heterocycles. The summed E-state index contributed by atoms with van der Waals surface area (Å²) in [6.07, 6.45) is 2.20. The Kier molecular flexibility index (Phi) is 6.12. The van der Waals surface area contributed by atoms with E-state index in [1.54, 1.807) is 25.4 Å². The molecule has 5 heteroatoms. The average Bonchev–Trinajstić information content (AvgIpc) is 3.27. The van der Waals surface area contributed by atoms with Crippen molar-refractivity contribution in [3.05, 3.63) is 76.2 Å². The highest BCUT2D eigenvalue weighted by atomic mass is 32.1. The molecule has 1 heterocycles. The highest BCUT2D eigenvalue weighted by Crippen LogP contribution is 2.38.